The Kier molecular flexibility index (Phi) is 4.39. The largest absolute Gasteiger partial charge is 0.493 e. The third-order valence-corrected chi connectivity index (χ3v) is 5.35. The zero-order chi connectivity index (χ0) is 21.5. The fourth-order valence-electron chi connectivity index (χ4n) is 3.64. The highest BCUT2D eigenvalue weighted by molar-refractivity contribution is 5.98. The minimum absolute atomic E-state index is 0.0477. The van der Waals surface area contributed by atoms with Gasteiger partial charge in [0.1, 0.15) is 5.75 Å². The van der Waals surface area contributed by atoms with Crippen LogP contribution >= 0.6 is 0 Å². The average Bonchev–Trinajstić information content (AvgIpc) is 3.07. The molecule has 5 rings (SSSR count). The molecule has 0 bridgehead atoms. The van der Waals surface area contributed by atoms with Crippen molar-refractivity contribution >= 4 is 28.2 Å². The molecule has 0 spiro atoms. The topological polar surface area (TPSA) is 91.7 Å². The molecular weight excluding hydrogens is 394 g/mol. The van der Waals surface area contributed by atoms with Crippen molar-refractivity contribution in [3.05, 3.63) is 72.1 Å². The Balaban J connectivity index is 1.36. The highest BCUT2D eigenvalue weighted by Gasteiger charge is 2.24. The predicted molar refractivity (Wildman–Crippen MR) is 116 cm³/mol. The summed E-state index contributed by atoms with van der Waals surface area (Å²) >= 11 is 0. The van der Waals surface area contributed by atoms with Crippen molar-refractivity contribution in [2.45, 2.75) is 6.54 Å². The molecule has 31 heavy (non-hydrogen) atoms. The summed E-state index contributed by atoms with van der Waals surface area (Å²) in [5.74, 6) is 0.448. The van der Waals surface area contributed by atoms with Crippen LogP contribution in [-0.4, -0.2) is 45.0 Å². The summed E-state index contributed by atoms with van der Waals surface area (Å²) in [6.45, 7) is 0.622. The van der Waals surface area contributed by atoms with E-state index in [1.165, 1.54) is 0 Å². The van der Waals surface area contributed by atoms with Crippen molar-refractivity contribution < 1.29 is 14.6 Å². The van der Waals surface area contributed by atoms with Gasteiger partial charge in [0.15, 0.2) is 0 Å². The summed E-state index contributed by atoms with van der Waals surface area (Å²) in [4.78, 5) is 28.1. The number of ether oxygens (including phenoxy) is 1. The van der Waals surface area contributed by atoms with Crippen LogP contribution in [0.2, 0.25) is 0 Å². The van der Waals surface area contributed by atoms with Crippen molar-refractivity contribution in [3.63, 3.8) is 0 Å². The van der Waals surface area contributed by atoms with E-state index in [0.717, 1.165) is 22.5 Å². The summed E-state index contributed by atoms with van der Waals surface area (Å²) in [6, 6.07) is 15.0. The number of anilines is 2. The fraction of sp³-hybridized carbons (Fsp3) is 0.130. The number of amides is 1. The summed E-state index contributed by atoms with van der Waals surface area (Å²) in [5, 5.41) is 10.6. The Hall–Kier alpha value is -4.20. The smallest absolute Gasteiger partial charge is 0.325 e. The molecule has 0 saturated carbocycles. The van der Waals surface area contributed by atoms with E-state index < -0.39 is 0 Å². The average molecular weight is 413 g/mol. The first-order valence-corrected chi connectivity index (χ1v) is 9.70. The summed E-state index contributed by atoms with van der Waals surface area (Å²) in [6.07, 6.45) is 3.11. The monoisotopic (exact) mass is 413 g/mol. The highest BCUT2D eigenvalue weighted by Crippen LogP contribution is 2.31. The number of fused-ring (bicyclic) bond motifs is 2. The van der Waals surface area contributed by atoms with Crippen LogP contribution < -0.4 is 9.64 Å². The maximum atomic E-state index is 12.1. The first kappa shape index (κ1) is 18.8. The fourth-order valence-corrected chi connectivity index (χ4v) is 3.64. The van der Waals surface area contributed by atoms with Gasteiger partial charge in [-0.2, -0.15) is 9.97 Å². The molecule has 8 nitrogen and oxygen atoms in total. The van der Waals surface area contributed by atoms with E-state index in [4.69, 9.17) is 4.74 Å². The van der Waals surface area contributed by atoms with Gasteiger partial charge in [-0.3, -0.25) is 9.78 Å². The first-order chi connectivity index (χ1) is 15.0. The molecule has 0 radical (unpaired) electrons. The van der Waals surface area contributed by atoms with Crippen LogP contribution in [0.15, 0.2) is 60.9 Å². The van der Waals surface area contributed by atoms with E-state index in [2.05, 4.69) is 15.0 Å². The van der Waals surface area contributed by atoms with E-state index >= 15 is 0 Å². The van der Waals surface area contributed by atoms with Gasteiger partial charge in [0.2, 0.25) is 5.88 Å². The van der Waals surface area contributed by atoms with Crippen LogP contribution in [0.4, 0.5) is 11.4 Å². The number of carbonyl (C=O) groups excluding carboxylic acids is 1. The second kappa shape index (κ2) is 7.24. The Morgan fingerprint density at radius 1 is 1.06 bits per heavy atom. The van der Waals surface area contributed by atoms with Crippen LogP contribution in [0.5, 0.6) is 17.6 Å². The van der Waals surface area contributed by atoms with E-state index in [0.29, 0.717) is 23.2 Å². The number of benzene rings is 2. The Labute approximate surface area is 178 Å². The zero-order valence-corrected chi connectivity index (χ0v) is 17.0. The first-order valence-electron chi connectivity index (χ1n) is 9.70. The molecule has 2 aromatic carbocycles. The van der Waals surface area contributed by atoms with Crippen LogP contribution in [0, 0.1) is 0 Å². The molecule has 1 aliphatic rings. The third kappa shape index (κ3) is 3.38. The van der Waals surface area contributed by atoms with E-state index in [-0.39, 0.29) is 17.8 Å². The molecule has 2 aromatic heterocycles. The van der Waals surface area contributed by atoms with Gasteiger partial charge >= 0.3 is 6.01 Å². The minimum Gasteiger partial charge on any atom is -0.493 e. The normalized spacial score (nSPS) is 12.8. The van der Waals surface area contributed by atoms with Crippen molar-refractivity contribution in [1.82, 2.24) is 19.9 Å². The van der Waals surface area contributed by atoms with Crippen LogP contribution in [0.1, 0.15) is 15.9 Å². The lowest BCUT2D eigenvalue weighted by molar-refractivity contribution is 0.0816. The van der Waals surface area contributed by atoms with Gasteiger partial charge in [0.25, 0.3) is 5.91 Å². The number of aromatic nitrogens is 3. The molecule has 154 valence electrons. The second-order valence-corrected chi connectivity index (χ2v) is 7.38. The lowest BCUT2D eigenvalue weighted by Gasteiger charge is -2.20. The molecule has 4 aromatic rings. The number of rotatable bonds is 4. The quantitative estimate of drug-likeness (QED) is 0.543. The highest BCUT2D eigenvalue weighted by atomic mass is 16.5. The van der Waals surface area contributed by atoms with E-state index in [1.54, 1.807) is 30.4 Å². The van der Waals surface area contributed by atoms with E-state index in [1.807, 2.05) is 54.4 Å². The molecule has 0 unspecified atom stereocenters. The SMILES string of the molecule is CN1Cc2cc(N(C)c3ccc(Oc4nc(O)c5ccncc5n4)cc3)ccc2C1=O. The predicted octanol–water partition coefficient (Wildman–Crippen LogP) is 3.88. The van der Waals surface area contributed by atoms with Gasteiger partial charge in [-0.15, -0.1) is 0 Å². The van der Waals surface area contributed by atoms with Crippen molar-refractivity contribution in [1.29, 1.82) is 0 Å². The maximum absolute atomic E-state index is 12.1. The molecule has 3 heterocycles. The summed E-state index contributed by atoms with van der Waals surface area (Å²) in [5.41, 5.74) is 4.24. The second-order valence-electron chi connectivity index (χ2n) is 7.38. The number of carbonyl (C=O) groups is 1. The lowest BCUT2D eigenvalue weighted by atomic mass is 10.1. The Morgan fingerprint density at radius 3 is 2.65 bits per heavy atom. The van der Waals surface area contributed by atoms with Gasteiger partial charge in [-0.1, -0.05) is 0 Å². The maximum Gasteiger partial charge on any atom is 0.325 e. The Morgan fingerprint density at radius 2 is 1.84 bits per heavy atom. The number of aromatic hydroxyl groups is 1. The standard InChI is InChI=1S/C23H19N5O3/c1-27-13-14-11-16(5-8-18(14)22(27)30)28(2)15-3-6-17(7-4-15)31-23-25-20-12-24-10-9-19(20)21(29)26-23/h3-12H,13H2,1-2H3,(H,25,26,29). The molecule has 0 saturated heterocycles. The van der Waals surface area contributed by atoms with Crippen LogP contribution in [0.25, 0.3) is 10.9 Å². The molecule has 1 amide bonds. The van der Waals surface area contributed by atoms with Gasteiger partial charge < -0.3 is 19.6 Å². The molecular formula is C23H19N5O3. The number of nitrogens with zero attached hydrogens (tertiary/aromatic N) is 5. The van der Waals surface area contributed by atoms with Crippen LogP contribution in [0.3, 0.4) is 0 Å². The molecule has 1 aliphatic heterocycles. The van der Waals surface area contributed by atoms with Gasteiger partial charge in [-0.25, -0.2) is 0 Å². The number of hydrogen-bond acceptors (Lipinski definition) is 7. The zero-order valence-electron chi connectivity index (χ0n) is 17.0. The van der Waals surface area contributed by atoms with Gasteiger partial charge in [-0.05, 0) is 54.1 Å². The molecule has 8 heteroatoms. The van der Waals surface area contributed by atoms with Gasteiger partial charge in [0.05, 0.1) is 17.1 Å². The molecule has 0 fully saturated rings. The summed E-state index contributed by atoms with van der Waals surface area (Å²) in [7, 11) is 3.77. The minimum atomic E-state index is -0.153. The molecule has 1 N–H and O–H groups in total. The molecule has 0 atom stereocenters. The van der Waals surface area contributed by atoms with Crippen molar-refractivity contribution in [2.24, 2.45) is 0 Å². The van der Waals surface area contributed by atoms with Crippen LogP contribution in [-0.2, 0) is 6.54 Å². The Bertz CT molecular complexity index is 1310. The van der Waals surface area contributed by atoms with Crippen molar-refractivity contribution in [2.75, 3.05) is 19.0 Å². The summed E-state index contributed by atoms with van der Waals surface area (Å²) < 4.78 is 5.72. The number of pyridine rings is 1. The number of hydrogen-bond donors (Lipinski definition) is 1. The third-order valence-electron chi connectivity index (χ3n) is 5.35. The molecule has 0 aliphatic carbocycles. The lowest BCUT2D eigenvalue weighted by Crippen LogP contribution is -2.17. The van der Waals surface area contributed by atoms with Crippen molar-refractivity contribution in [3.8, 4) is 17.6 Å². The van der Waals surface area contributed by atoms with Gasteiger partial charge in [0, 0.05) is 43.8 Å². The van der Waals surface area contributed by atoms with E-state index in [9.17, 15) is 9.90 Å².